The van der Waals surface area contributed by atoms with E-state index in [0.29, 0.717) is 0 Å². The summed E-state index contributed by atoms with van der Waals surface area (Å²) in [5.41, 5.74) is 1.06. The van der Waals surface area contributed by atoms with Gasteiger partial charge >= 0.3 is 0 Å². The maximum atomic E-state index is 11.0. The lowest BCUT2D eigenvalue weighted by Crippen LogP contribution is -2.41. The number of hydrogen-bond donors (Lipinski definition) is 0. The summed E-state index contributed by atoms with van der Waals surface area (Å²) in [6, 6.07) is 3.65. The average molecular weight is 253 g/mol. The van der Waals surface area contributed by atoms with Gasteiger partial charge in [-0.15, -0.1) is 0 Å². The van der Waals surface area contributed by atoms with E-state index in [2.05, 4.69) is 33.9 Å². The molecule has 0 radical (unpaired) electrons. The quantitative estimate of drug-likeness (QED) is 0.470. The lowest BCUT2D eigenvalue weighted by atomic mass is 10.2. The van der Waals surface area contributed by atoms with Crippen LogP contribution in [0.3, 0.4) is 0 Å². The summed E-state index contributed by atoms with van der Waals surface area (Å²) in [6.45, 7) is 13.2. The number of hydrogen-bond acceptors (Lipinski definition) is 2. The Labute approximate surface area is 105 Å². The fraction of sp³-hybridized carbons (Fsp3) is 0.615. The van der Waals surface area contributed by atoms with Crippen LogP contribution in [0, 0.1) is 5.21 Å². The van der Waals surface area contributed by atoms with Gasteiger partial charge in [-0.1, -0.05) is 20.8 Å². The predicted molar refractivity (Wildman–Crippen MR) is 72.1 cm³/mol. The molecule has 0 bridgehead atoms. The second-order valence-corrected chi connectivity index (χ2v) is 10.8. The molecule has 1 heterocycles. The van der Waals surface area contributed by atoms with E-state index in [1.54, 1.807) is 0 Å². The standard InChI is InChI=1S/C13H23NO2Si/c1-11(12-7-9-14(15)10-8-12)16-17(5,6)13(2,3)4/h7-11H,1-6H3. The number of pyridine rings is 1. The number of aromatic nitrogens is 1. The topological polar surface area (TPSA) is 36.2 Å². The third kappa shape index (κ3) is 3.54. The molecule has 0 saturated heterocycles. The van der Waals surface area contributed by atoms with Crippen LogP contribution < -0.4 is 4.73 Å². The fourth-order valence-corrected chi connectivity index (χ4v) is 2.76. The molecular weight excluding hydrogens is 230 g/mol. The molecule has 4 heteroatoms. The van der Waals surface area contributed by atoms with Gasteiger partial charge in [0.05, 0.1) is 6.10 Å². The van der Waals surface area contributed by atoms with Gasteiger partial charge in [0.25, 0.3) is 0 Å². The first-order valence-electron chi connectivity index (χ1n) is 6.00. The monoisotopic (exact) mass is 253 g/mol. The Balaban J connectivity index is 2.79. The molecule has 0 aromatic carbocycles. The number of nitrogens with zero attached hydrogens (tertiary/aromatic N) is 1. The third-order valence-corrected chi connectivity index (χ3v) is 8.13. The van der Waals surface area contributed by atoms with E-state index in [1.807, 2.05) is 19.1 Å². The third-order valence-electron chi connectivity index (χ3n) is 3.57. The van der Waals surface area contributed by atoms with Crippen molar-refractivity contribution in [2.75, 3.05) is 0 Å². The summed E-state index contributed by atoms with van der Waals surface area (Å²) in [5.74, 6) is 0. The minimum Gasteiger partial charge on any atom is -0.619 e. The Morgan fingerprint density at radius 2 is 1.71 bits per heavy atom. The molecule has 0 N–H and O–H groups in total. The van der Waals surface area contributed by atoms with Crippen molar-refractivity contribution in [1.82, 2.24) is 0 Å². The lowest BCUT2D eigenvalue weighted by molar-refractivity contribution is -0.605. The van der Waals surface area contributed by atoms with E-state index in [9.17, 15) is 5.21 Å². The van der Waals surface area contributed by atoms with Gasteiger partial charge in [0.1, 0.15) is 0 Å². The molecule has 3 nitrogen and oxygen atoms in total. The average Bonchev–Trinajstić information content (AvgIpc) is 2.16. The first-order chi connectivity index (χ1) is 7.63. The van der Waals surface area contributed by atoms with E-state index < -0.39 is 8.32 Å². The zero-order valence-electron chi connectivity index (χ0n) is 11.7. The minimum absolute atomic E-state index is 0.0390. The van der Waals surface area contributed by atoms with Crippen molar-refractivity contribution in [1.29, 1.82) is 0 Å². The molecule has 1 unspecified atom stereocenters. The van der Waals surface area contributed by atoms with Gasteiger partial charge in [0.2, 0.25) is 0 Å². The maximum absolute atomic E-state index is 11.0. The summed E-state index contributed by atoms with van der Waals surface area (Å²) >= 11 is 0. The Morgan fingerprint density at radius 1 is 1.24 bits per heavy atom. The molecule has 0 aliphatic rings. The van der Waals surface area contributed by atoms with Gasteiger partial charge in [0.15, 0.2) is 20.7 Å². The second-order valence-electron chi connectivity index (χ2n) is 6.01. The zero-order chi connectivity index (χ0) is 13.3. The molecule has 1 aromatic heterocycles. The van der Waals surface area contributed by atoms with E-state index in [4.69, 9.17) is 4.43 Å². The van der Waals surface area contributed by atoms with E-state index >= 15 is 0 Å². The van der Waals surface area contributed by atoms with Crippen LogP contribution in [0.2, 0.25) is 18.1 Å². The largest absolute Gasteiger partial charge is 0.619 e. The van der Waals surface area contributed by atoms with Crippen molar-refractivity contribution in [2.24, 2.45) is 0 Å². The highest BCUT2D eigenvalue weighted by Crippen LogP contribution is 2.39. The molecule has 0 aliphatic heterocycles. The van der Waals surface area contributed by atoms with Crippen LogP contribution in [-0.4, -0.2) is 8.32 Å². The van der Waals surface area contributed by atoms with E-state index in [-0.39, 0.29) is 11.1 Å². The van der Waals surface area contributed by atoms with Crippen molar-refractivity contribution in [2.45, 2.75) is 51.9 Å². The molecular formula is C13H23NO2Si. The van der Waals surface area contributed by atoms with Crippen LogP contribution in [0.1, 0.15) is 39.4 Å². The van der Waals surface area contributed by atoms with Crippen LogP contribution in [0.4, 0.5) is 0 Å². The molecule has 0 amide bonds. The predicted octanol–water partition coefficient (Wildman–Crippen LogP) is 3.40. The molecule has 1 atom stereocenters. The Hall–Kier alpha value is -0.873. The van der Waals surface area contributed by atoms with Gasteiger partial charge < -0.3 is 9.63 Å². The Morgan fingerprint density at radius 3 is 2.12 bits per heavy atom. The van der Waals surface area contributed by atoms with Crippen LogP contribution in [0.15, 0.2) is 24.5 Å². The Bertz CT molecular complexity index is 368. The highest BCUT2D eigenvalue weighted by atomic mass is 28.4. The highest BCUT2D eigenvalue weighted by molar-refractivity contribution is 6.74. The van der Waals surface area contributed by atoms with Crippen molar-refractivity contribution in [3.8, 4) is 0 Å². The molecule has 0 aliphatic carbocycles. The summed E-state index contributed by atoms with van der Waals surface area (Å²) in [5, 5.41) is 11.2. The summed E-state index contributed by atoms with van der Waals surface area (Å²) < 4.78 is 7.05. The van der Waals surface area contributed by atoms with Gasteiger partial charge in [-0.2, -0.15) is 4.73 Å². The Kier molecular flexibility index (Phi) is 3.99. The van der Waals surface area contributed by atoms with Crippen molar-refractivity contribution >= 4 is 8.32 Å². The molecule has 96 valence electrons. The molecule has 17 heavy (non-hydrogen) atoms. The maximum Gasteiger partial charge on any atom is 0.192 e. The van der Waals surface area contributed by atoms with Crippen LogP contribution >= 0.6 is 0 Å². The van der Waals surface area contributed by atoms with Gasteiger partial charge in [-0.05, 0) is 30.6 Å². The molecule has 0 saturated carbocycles. The van der Waals surface area contributed by atoms with E-state index in [0.717, 1.165) is 10.3 Å². The van der Waals surface area contributed by atoms with Gasteiger partial charge in [-0.25, -0.2) is 0 Å². The lowest BCUT2D eigenvalue weighted by Gasteiger charge is -2.38. The fourth-order valence-electron chi connectivity index (χ4n) is 1.38. The number of rotatable bonds is 3. The normalized spacial score (nSPS) is 14.7. The van der Waals surface area contributed by atoms with Gasteiger partial charge in [-0.3, -0.25) is 0 Å². The molecule has 0 fully saturated rings. The van der Waals surface area contributed by atoms with E-state index in [1.165, 1.54) is 12.4 Å². The highest BCUT2D eigenvalue weighted by Gasteiger charge is 2.38. The molecule has 1 aromatic rings. The first kappa shape index (κ1) is 14.2. The molecule has 1 rings (SSSR count). The van der Waals surface area contributed by atoms with Crippen molar-refractivity contribution in [3.63, 3.8) is 0 Å². The van der Waals surface area contributed by atoms with Crippen molar-refractivity contribution in [3.05, 3.63) is 35.3 Å². The zero-order valence-corrected chi connectivity index (χ0v) is 12.7. The van der Waals surface area contributed by atoms with Crippen molar-refractivity contribution < 1.29 is 9.16 Å². The second kappa shape index (κ2) is 4.78. The smallest absolute Gasteiger partial charge is 0.192 e. The summed E-state index contributed by atoms with van der Waals surface area (Å²) in [6.07, 6.45) is 3.07. The van der Waals surface area contributed by atoms with Crippen LogP contribution in [0.25, 0.3) is 0 Å². The first-order valence-corrected chi connectivity index (χ1v) is 8.91. The minimum atomic E-state index is -1.75. The summed E-state index contributed by atoms with van der Waals surface area (Å²) in [4.78, 5) is 0. The SMILES string of the molecule is CC(O[Si](C)(C)C(C)(C)C)c1cc[n+]([O-])cc1. The summed E-state index contributed by atoms with van der Waals surface area (Å²) in [7, 11) is -1.75. The molecule has 0 spiro atoms. The van der Waals surface area contributed by atoms with Crippen LogP contribution in [-0.2, 0) is 4.43 Å². The van der Waals surface area contributed by atoms with Crippen LogP contribution in [0.5, 0.6) is 0 Å². The van der Waals surface area contributed by atoms with Gasteiger partial charge in [0, 0.05) is 12.1 Å².